The Balaban J connectivity index is 1.85. The molecule has 0 aliphatic rings. The zero-order valence-corrected chi connectivity index (χ0v) is 12.8. The highest BCUT2D eigenvalue weighted by molar-refractivity contribution is 5.76. The lowest BCUT2D eigenvalue weighted by atomic mass is 10.2. The van der Waals surface area contributed by atoms with Gasteiger partial charge in [-0.05, 0) is 19.4 Å². The minimum absolute atomic E-state index is 0.0482. The molecule has 0 aromatic carbocycles. The van der Waals surface area contributed by atoms with Crippen LogP contribution >= 0.6 is 0 Å². The molecule has 2 aromatic rings. The van der Waals surface area contributed by atoms with E-state index in [1.165, 1.54) is 0 Å². The maximum Gasteiger partial charge on any atom is 0.238 e. The number of amides is 1. The molecule has 0 spiro atoms. The summed E-state index contributed by atoms with van der Waals surface area (Å²) in [4.78, 5) is 11.9. The number of rotatable bonds is 6. The molecule has 0 unspecified atom stereocenters. The third-order valence-corrected chi connectivity index (χ3v) is 3.23. The molecule has 0 aliphatic heterocycles. The topological polar surface area (TPSA) is 85.8 Å². The highest BCUT2D eigenvalue weighted by Gasteiger charge is 2.17. The molecule has 7 nitrogen and oxygen atoms in total. The minimum atomic E-state index is -0.288. The van der Waals surface area contributed by atoms with Gasteiger partial charge in [-0.1, -0.05) is 13.8 Å². The molecule has 0 saturated heterocycles. The van der Waals surface area contributed by atoms with Gasteiger partial charge in [-0.25, -0.2) is 0 Å². The quantitative estimate of drug-likeness (QED) is 0.876. The number of nitrogens with one attached hydrogen (secondary N) is 1. The number of nitrogens with zero attached hydrogens (tertiary/aromatic N) is 4. The van der Waals surface area contributed by atoms with Crippen molar-refractivity contribution < 1.29 is 9.21 Å². The molecule has 0 bridgehead atoms. The van der Waals surface area contributed by atoms with Crippen molar-refractivity contribution in [3.05, 3.63) is 29.7 Å². The fourth-order valence-corrected chi connectivity index (χ4v) is 1.92. The molecule has 0 aliphatic carbocycles. The maximum atomic E-state index is 11.9. The van der Waals surface area contributed by atoms with Gasteiger partial charge in [0.05, 0.1) is 0 Å². The van der Waals surface area contributed by atoms with Gasteiger partial charge in [0.1, 0.15) is 6.04 Å². The van der Waals surface area contributed by atoms with Crippen LogP contribution in [0.5, 0.6) is 0 Å². The molecule has 0 saturated carbocycles. The van der Waals surface area contributed by atoms with E-state index < -0.39 is 0 Å². The van der Waals surface area contributed by atoms with E-state index in [1.54, 1.807) is 10.9 Å². The zero-order valence-electron chi connectivity index (χ0n) is 12.8. The Morgan fingerprint density at radius 3 is 2.62 bits per heavy atom. The summed E-state index contributed by atoms with van der Waals surface area (Å²) in [6.07, 6.45) is 2.77. The van der Waals surface area contributed by atoms with E-state index in [2.05, 4.69) is 20.6 Å². The van der Waals surface area contributed by atoms with Gasteiger partial charge < -0.3 is 9.73 Å². The summed E-state index contributed by atoms with van der Waals surface area (Å²) in [5.41, 5.74) is 1.03. The average Bonchev–Trinajstić information content (AvgIpc) is 3.05. The first-order valence-electron chi connectivity index (χ1n) is 7.07. The molecule has 2 heterocycles. The van der Waals surface area contributed by atoms with Crippen molar-refractivity contribution in [2.24, 2.45) is 7.05 Å². The van der Waals surface area contributed by atoms with Crippen LogP contribution in [0.4, 0.5) is 0 Å². The van der Waals surface area contributed by atoms with Crippen molar-refractivity contribution in [3.63, 3.8) is 0 Å². The second-order valence-corrected chi connectivity index (χ2v) is 5.37. The average molecular weight is 291 g/mol. The van der Waals surface area contributed by atoms with Gasteiger partial charge >= 0.3 is 0 Å². The fraction of sp³-hybridized carbons (Fsp3) is 0.571. The van der Waals surface area contributed by atoms with Crippen LogP contribution < -0.4 is 5.32 Å². The first-order valence-corrected chi connectivity index (χ1v) is 7.07. The van der Waals surface area contributed by atoms with Gasteiger partial charge in [-0.2, -0.15) is 5.10 Å². The molecule has 7 heteroatoms. The summed E-state index contributed by atoms with van der Waals surface area (Å²) in [7, 11) is 1.86. The summed E-state index contributed by atoms with van der Waals surface area (Å²) in [5, 5.41) is 14.9. The van der Waals surface area contributed by atoms with Crippen molar-refractivity contribution in [3.8, 4) is 0 Å². The van der Waals surface area contributed by atoms with Crippen LogP contribution in [0, 0.1) is 0 Å². The summed E-state index contributed by atoms with van der Waals surface area (Å²) in [6, 6.07) is 1.62. The van der Waals surface area contributed by atoms with Crippen molar-refractivity contribution in [1.82, 2.24) is 25.3 Å². The van der Waals surface area contributed by atoms with Crippen molar-refractivity contribution >= 4 is 5.91 Å². The lowest BCUT2D eigenvalue weighted by Crippen LogP contribution is -2.27. The van der Waals surface area contributed by atoms with Crippen LogP contribution in [-0.2, 0) is 18.3 Å². The molecule has 1 atom stereocenters. The Labute approximate surface area is 123 Å². The number of hydrogen-bond donors (Lipinski definition) is 1. The Morgan fingerprint density at radius 2 is 2.05 bits per heavy atom. The smallest absolute Gasteiger partial charge is 0.238 e. The molecule has 1 amide bonds. The largest absolute Gasteiger partial charge is 0.423 e. The number of carbonyl (C=O) groups excluding carboxylic acids is 1. The van der Waals surface area contributed by atoms with E-state index in [9.17, 15) is 4.79 Å². The summed E-state index contributed by atoms with van der Waals surface area (Å²) in [6.45, 7) is 5.79. The third-order valence-electron chi connectivity index (χ3n) is 3.23. The molecular weight excluding hydrogens is 270 g/mol. The SMILES string of the molecule is CC(C)c1nnc([C@@H](C)NC(=O)CCc2ccnn2C)o1. The highest BCUT2D eigenvalue weighted by atomic mass is 16.4. The number of aryl methyl sites for hydroxylation is 2. The number of carbonyl (C=O) groups is 1. The molecule has 1 N–H and O–H groups in total. The van der Waals surface area contributed by atoms with Gasteiger partial charge in [0.2, 0.25) is 17.7 Å². The first-order chi connectivity index (χ1) is 9.97. The van der Waals surface area contributed by atoms with Crippen LogP contribution in [0.2, 0.25) is 0 Å². The van der Waals surface area contributed by atoms with Crippen molar-refractivity contribution in [2.45, 2.75) is 45.6 Å². The number of hydrogen-bond acceptors (Lipinski definition) is 5. The van der Waals surface area contributed by atoms with E-state index >= 15 is 0 Å². The zero-order chi connectivity index (χ0) is 15.4. The third kappa shape index (κ3) is 3.90. The van der Waals surface area contributed by atoms with E-state index in [0.29, 0.717) is 24.6 Å². The van der Waals surface area contributed by atoms with Crippen molar-refractivity contribution in [1.29, 1.82) is 0 Å². The maximum absolute atomic E-state index is 11.9. The molecule has 2 aromatic heterocycles. The predicted octanol–water partition coefficient (Wildman–Crippen LogP) is 1.74. The molecule has 21 heavy (non-hydrogen) atoms. The standard InChI is InChI=1S/C14H21N5O2/c1-9(2)13-17-18-14(21-13)10(3)16-12(20)6-5-11-7-8-15-19(11)4/h7-10H,5-6H2,1-4H3,(H,16,20)/t10-/m1/s1. The van der Waals surface area contributed by atoms with Crippen LogP contribution in [-0.4, -0.2) is 25.9 Å². The van der Waals surface area contributed by atoms with E-state index in [0.717, 1.165) is 5.69 Å². The lowest BCUT2D eigenvalue weighted by Gasteiger charge is -2.10. The summed E-state index contributed by atoms with van der Waals surface area (Å²) >= 11 is 0. The first kappa shape index (κ1) is 15.2. The fourth-order valence-electron chi connectivity index (χ4n) is 1.92. The molecule has 0 radical (unpaired) electrons. The highest BCUT2D eigenvalue weighted by Crippen LogP contribution is 2.16. The van der Waals surface area contributed by atoms with Gasteiger partial charge in [0.15, 0.2) is 0 Å². The molecular formula is C14H21N5O2. The van der Waals surface area contributed by atoms with E-state index in [4.69, 9.17) is 4.42 Å². The minimum Gasteiger partial charge on any atom is -0.423 e. The van der Waals surface area contributed by atoms with Gasteiger partial charge in [-0.3, -0.25) is 9.48 Å². The second kappa shape index (κ2) is 6.51. The summed E-state index contributed by atoms with van der Waals surface area (Å²) in [5.74, 6) is 1.15. The Morgan fingerprint density at radius 1 is 1.33 bits per heavy atom. The van der Waals surface area contributed by atoms with Crippen LogP contribution in [0.15, 0.2) is 16.7 Å². The number of aromatic nitrogens is 4. The Hall–Kier alpha value is -2.18. The van der Waals surface area contributed by atoms with Crippen LogP contribution in [0.3, 0.4) is 0 Å². The van der Waals surface area contributed by atoms with E-state index in [-0.39, 0.29) is 17.9 Å². The Bertz CT molecular complexity index is 602. The van der Waals surface area contributed by atoms with Crippen molar-refractivity contribution in [2.75, 3.05) is 0 Å². The predicted molar refractivity (Wildman–Crippen MR) is 76.5 cm³/mol. The normalized spacial score (nSPS) is 12.6. The summed E-state index contributed by atoms with van der Waals surface area (Å²) < 4.78 is 7.29. The van der Waals surface area contributed by atoms with Gasteiger partial charge in [-0.15, -0.1) is 10.2 Å². The van der Waals surface area contributed by atoms with Gasteiger partial charge in [0, 0.05) is 31.3 Å². The van der Waals surface area contributed by atoms with Crippen LogP contribution in [0.1, 0.15) is 56.6 Å². The van der Waals surface area contributed by atoms with Crippen LogP contribution in [0.25, 0.3) is 0 Å². The molecule has 0 fully saturated rings. The molecule has 2 rings (SSSR count). The second-order valence-electron chi connectivity index (χ2n) is 5.37. The monoisotopic (exact) mass is 291 g/mol. The van der Waals surface area contributed by atoms with Gasteiger partial charge in [0.25, 0.3) is 0 Å². The Kier molecular flexibility index (Phi) is 4.72. The van der Waals surface area contributed by atoms with E-state index in [1.807, 2.05) is 33.9 Å². The molecule has 114 valence electrons. The lowest BCUT2D eigenvalue weighted by molar-refractivity contribution is -0.121.